The van der Waals surface area contributed by atoms with Gasteiger partial charge in [-0.15, -0.1) is 0 Å². The molecule has 0 N–H and O–H groups in total. The molecule has 0 heterocycles. The van der Waals surface area contributed by atoms with E-state index in [-0.39, 0.29) is 0 Å². The molecule has 3 rings (SSSR count). The fourth-order valence-electron chi connectivity index (χ4n) is 3.53. The minimum atomic E-state index is 1.02. The molecule has 0 fully saturated rings. The zero-order valence-electron chi connectivity index (χ0n) is 16.4. The highest BCUT2D eigenvalue weighted by Gasteiger charge is 2.05. The van der Waals surface area contributed by atoms with Gasteiger partial charge in [0, 0.05) is 0 Å². The summed E-state index contributed by atoms with van der Waals surface area (Å²) in [7, 11) is 0. The van der Waals surface area contributed by atoms with Crippen molar-refractivity contribution >= 4 is 0 Å². The monoisotopic (exact) mass is 342 g/mol. The van der Waals surface area contributed by atoms with Crippen LogP contribution in [-0.2, 0) is 32.1 Å². The normalized spacial score (nSPS) is 10.9. The maximum absolute atomic E-state index is 2.41. The molecule has 0 nitrogen and oxygen atoms in total. The summed E-state index contributed by atoms with van der Waals surface area (Å²) in [6, 6.07) is 25.2. The van der Waals surface area contributed by atoms with Crippen molar-refractivity contribution in [3.05, 3.63) is 106 Å². The molecule has 26 heavy (non-hydrogen) atoms. The molecule has 0 amide bonds. The van der Waals surface area contributed by atoms with Crippen LogP contribution in [0.4, 0.5) is 0 Å². The highest BCUT2D eigenvalue weighted by molar-refractivity contribution is 5.39. The third kappa shape index (κ3) is 4.64. The fraction of sp³-hybridized carbons (Fsp3) is 0.308. The third-order valence-electron chi connectivity index (χ3n) is 5.32. The molecular formula is C26H30. The first kappa shape index (κ1) is 18.5. The lowest BCUT2D eigenvalue weighted by Gasteiger charge is -2.12. The molecule has 0 saturated heterocycles. The first-order valence-electron chi connectivity index (χ1n) is 9.98. The topological polar surface area (TPSA) is 0 Å². The van der Waals surface area contributed by atoms with Crippen molar-refractivity contribution in [2.24, 2.45) is 0 Å². The van der Waals surface area contributed by atoms with E-state index in [1.54, 1.807) is 0 Å². The van der Waals surface area contributed by atoms with E-state index < -0.39 is 0 Å². The lowest BCUT2D eigenvalue weighted by atomic mass is 9.93. The van der Waals surface area contributed by atoms with Crippen LogP contribution >= 0.6 is 0 Å². The quantitative estimate of drug-likeness (QED) is 0.456. The second-order valence-electron chi connectivity index (χ2n) is 7.15. The lowest BCUT2D eigenvalue weighted by Crippen LogP contribution is -1.98. The summed E-state index contributed by atoms with van der Waals surface area (Å²) in [5.41, 5.74) is 9.97. The minimum Gasteiger partial charge on any atom is -0.0613 e. The zero-order valence-corrected chi connectivity index (χ0v) is 16.4. The number of rotatable bonds is 7. The summed E-state index contributed by atoms with van der Waals surface area (Å²) in [5.74, 6) is 0. The van der Waals surface area contributed by atoms with E-state index in [4.69, 9.17) is 0 Å². The van der Waals surface area contributed by atoms with E-state index in [1.807, 2.05) is 0 Å². The molecule has 0 saturated carbocycles. The van der Waals surface area contributed by atoms with Gasteiger partial charge in [0.25, 0.3) is 0 Å². The van der Waals surface area contributed by atoms with E-state index in [0.717, 1.165) is 32.1 Å². The van der Waals surface area contributed by atoms with Crippen molar-refractivity contribution in [2.75, 3.05) is 0 Å². The molecule has 0 heteroatoms. The first-order valence-corrected chi connectivity index (χ1v) is 9.98. The van der Waals surface area contributed by atoms with Gasteiger partial charge in [-0.25, -0.2) is 0 Å². The van der Waals surface area contributed by atoms with Crippen molar-refractivity contribution < 1.29 is 0 Å². The van der Waals surface area contributed by atoms with Crippen LogP contribution in [0.15, 0.2) is 66.7 Å². The molecule has 3 aromatic carbocycles. The van der Waals surface area contributed by atoms with Gasteiger partial charge in [-0.3, -0.25) is 0 Å². The van der Waals surface area contributed by atoms with Crippen LogP contribution in [0.5, 0.6) is 0 Å². The minimum absolute atomic E-state index is 1.02. The maximum Gasteiger partial charge on any atom is -0.00230 e. The Morgan fingerprint density at radius 3 is 1.38 bits per heavy atom. The van der Waals surface area contributed by atoms with Crippen molar-refractivity contribution in [1.82, 2.24) is 0 Å². The number of aryl methyl sites for hydroxylation is 3. The van der Waals surface area contributed by atoms with Gasteiger partial charge in [0.05, 0.1) is 0 Å². The Bertz CT molecular complexity index is 823. The maximum atomic E-state index is 2.41. The Morgan fingerprint density at radius 2 is 0.885 bits per heavy atom. The van der Waals surface area contributed by atoms with Crippen LogP contribution in [0.25, 0.3) is 0 Å². The predicted molar refractivity (Wildman–Crippen MR) is 113 cm³/mol. The third-order valence-corrected chi connectivity index (χ3v) is 5.32. The Kier molecular flexibility index (Phi) is 6.28. The van der Waals surface area contributed by atoms with Crippen molar-refractivity contribution in [3.8, 4) is 0 Å². The zero-order chi connectivity index (χ0) is 18.4. The molecule has 0 aliphatic rings. The summed E-state index contributed by atoms with van der Waals surface area (Å²) in [4.78, 5) is 0. The Labute approximate surface area is 158 Å². The van der Waals surface area contributed by atoms with Gasteiger partial charge >= 0.3 is 0 Å². The van der Waals surface area contributed by atoms with Crippen LogP contribution < -0.4 is 0 Å². The van der Waals surface area contributed by atoms with Crippen LogP contribution in [-0.4, -0.2) is 0 Å². The largest absolute Gasteiger partial charge is 0.0613 e. The highest BCUT2D eigenvalue weighted by Crippen LogP contribution is 2.20. The molecule has 0 aliphatic heterocycles. The fourth-order valence-corrected chi connectivity index (χ4v) is 3.53. The summed E-state index contributed by atoms with van der Waals surface area (Å²) in [5, 5.41) is 0. The average Bonchev–Trinajstić information content (AvgIpc) is 2.70. The molecule has 0 atom stereocenters. The molecule has 3 aromatic rings. The summed E-state index contributed by atoms with van der Waals surface area (Å²) >= 11 is 0. The standard InChI is InChI=1S/C26H30/c1-4-20-7-11-22(12-8-20)17-24-15-16-26(25(6-3)19-24)18-23-13-9-21(5-2)10-14-23/h7-16,19H,4-6,17-18H2,1-3H3. The van der Waals surface area contributed by atoms with Crippen molar-refractivity contribution in [3.63, 3.8) is 0 Å². The SMILES string of the molecule is CCc1ccc(Cc2ccc(Cc3ccc(CC)cc3)c(CC)c2)cc1. The number of hydrogen-bond donors (Lipinski definition) is 0. The second kappa shape index (κ2) is 8.85. The highest BCUT2D eigenvalue weighted by atomic mass is 14.1. The predicted octanol–water partition coefficient (Wildman–Crippen LogP) is 6.56. The molecule has 0 aliphatic carbocycles. The van der Waals surface area contributed by atoms with Crippen LogP contribution in [0.2, 0.25) is 0 Å². The van der Waals surface area contributed by atoms with Gasteiger partial charge in [0.2, 0.25) is 0 Å². The molecule has 0 unspecified atom stereocenters. The van der Waals surface area contributed by atoms with Crippen molar-refractivity contribution in [2.45, 2.75) is 52.9 Å². The molecule has 0 spiro atoms. The summed E-state index contributed by atoms with van der Waals surface area (Å²) < 4.78 is 0. The number of benzene rings is 3. The molecular weight excluding hydrogens is 312 g/mol. The van der Waals surface area contributed by atoms with E-state index in [1.165, 1.54) is 38.9 Å². The van der Waals surface area contributed by atoms with Gasteiger partial charge in [0.1, 0.15) is 0 Å². The van der Waals surface area contributed by atoms with Gasteiger partial charge in [-0.05, 0) is 71.0 Å². The molecule has 0 bridgehead atoms. The van der Waals surface area contributed by atoms with E-state index >= 15 is 0 Å². The van der Waals surface area contributed by atoms with Crippen molar-refractivity contribution in [1.29, 1.82) is 0 Å². The second-order valence-corrected chi connectivity index (χ2v) is 7.15. The van der Waals surface area contributed by atoms with Crippen LogP contribution in [0, 0.1) is 0 Å². The smallest absolute Gasteiger partial charge is 0.00230 e. The molecule has 0 aromatic heterocycles. The Hall–Kier alpha value is -2.34. The number of hydrogen-bond acceptors (Lipinski definition) is 0. The Balaban J connectivity index is 1.75. The van der Waals surface area contributed by atoms with Gasteiger partial charge in [0.15, 0.2) is 0 Å². The van der Waals surface area contributed by atoms with Gasteiger partial charge < -0.3 is 0 Å². The lowest BCUT2D eigenvalue weighted by molar-refractivity contribution is 1.04. The van der Waals surface area contributed by atoms with E-state index in [9.17, 15) is 0 Å². The Morgan fingerprint density at radius 1 is 0.423 bits per heavy atom. The molecule has 0 radical (unpaired) electrons. The molecule has 134 valence electrons. The van der Waals surface area contributed by atoms with Gasteiger partial charge in [-0.2, -0.15) is 0 Å². The van der Waals surface area contributed by atoms with Crippen LogP contribution in [0.3, 0.4) is 0 Å². The van der Waals surface area contributed by atoms with E-state index in [0.29, 0.717) is 0 Å². The van der Waals surface area contributed by atoms with Gasteiger partial charge in [-0.1, -0.05) is 87.5 Å². The summed E-state index contributed by atoms with van der Waals surface area (Å²) in [6.07, 6.45) is 5.34. The van der Waals surface area contributed by atoms with E-state index in [2.05, 4.69) is 87.5 Å². The first-order chi connectivity index (χ1) is 12.7. The average molecular weight is 343 g/mol. The summed E-state index contributed by atoms with van der Waals surface area (Å²) in [6.45, 7) is 6.68. The van der Waals surface area contributed by atoms with Crippen LogP contribution in [0.1, 0.15) is 59.7 Å².